The third-order valence-corrected chi connectivity index (χ3v) is 4.47. The molecule has 2 rings (SSSR count). The smallest absolute Gasteiger partial charge is 0.227 e. The summed E-state index contributed by atoms with van der Waals surface area (Å²) < 4.78 is 5.38. The largest absolute Gasteiger partial charge is 0.379 e. The van der Waals surface area contributed by atoms with Gasteiger partial charge in [-0.25, -0.2) is 0 Å². The molecule has 0 aromatic heterocycles. The van der Waals surface area contributed by atoms with Gasteiger partial charge in [0.15, 0.2) is 0 Å². The van der Waals surface area contributed by atoms with Crippen molar-refractivity contribution in [1.29, 1.82) is 0 Å². The van der Waals surface area contributed by atoms with Crippen LogP contribution in [0.2, 0.25) is 0 Å². The molecule has 1 atom stereocenters. The molecule has 0 radical (unpaired) electrons. The molecule has 0 aliphatic carbocycles. The number of ether oxygens (including phenoxy) is 1. The number of nitrogens with zero attached hydrogens (tertiary/aromatic N) is 1. The van der Waals surface area contributed by atoms with Crippen molar-refractivity contribution in [2.45, 2.75) is 32.7 Å². The predicted octanol–water partition coefficient (Wildman–Crippen LogP) is 1.06. The summed E-state index contributed by atoms with van der Waals surface area (Å²) >= 11 is 0. The lowest BCUT2D eigenvalue weighted by Crippen LogP contribution is -2.56. The van der Waals surface area contributed by atoms with E-state index >= 15 is 0 Å². The molecule has 2 aliphatic rings. The first-order valence-electron chi connectivity index (χ1n) is 7.26. The Hall–Kier alpha value is -0.0700. The van der Waals surface area contributed by atoms with E-state index in [0.29, 0.717) is 6.54 Å². The highest BCUT2D eigenvalue weighted by Crippen LogP contribution is 2.25. The lowest BCUT2D eigenvalue weighted by atomic mass is 9.88. The second-order valence-corrected chi connectivity index (χ2v) is 6.58. The lowest BCUT2D eigenvalue weighted by molar-refractivity contribution is -0.130. The normalized spacial score (nSPS) is 26.6. The Morgan fingerprint density at radius 1 is 1.33 bits per heavy atom. The number of carbonyl (C=O) groups is 1. The maximum atomic E-state index is 12.3. The van der Waals surface area contributed by atoms with E-state index < -0.39 is 0 Å². The van der Waals surface area contributed by atoms with Crippen molar-refractivity contribution in [3.05, 3.63) is 0 Å². The standard InChI is InChI=1S/C14H27N3O2.2ClH/c1-13(2,17-6-8-19-9-7-17)10-16-12(18)14(3)4-5-15-11-14;;/h15H,4-11H2,1-3H3,(H,16,18);2*1H. The molecule has 126 valence electrons. The van der Waals surface area contributed by atoms with Gasteiger partial charge < -0.3 is 15.4 Å². The highest BCUT2D eigenvalue weighted by Gasteiger charge is 2.37. The first-order valence-corrected chi connectivity index (χ1v) is 7.26. The van der Waals surface area contributed by atoms with Crippen molar-refractivity contribution in [1.82, 2.24) is 15.5 Å². The molecule has 2 saturated heterocycles. The zero-order chi connectivity index (χ0) is 13.9. The molecule has 0 aromatic rings. The van der Waals surface area contributed by atoms with Gasteiger partial charge >= 0.3 is 0 Å². The van der Waals surface area contributed by atoms with Crippen LogP contribution in [0.1, 0.15) is 27.2 Å². The Morgan fingerprint density at radius 3 is 2.48 bits per heavy atom. The summed E-state index contributed by atoms with van der Waals surface area (Å²) in [6, 6.07) is 0. The molecule has 0 spiro atoms. The molecule has 2 aliphatic heterocycles. The van der Waals surface area contributed by atoms with E-state index in [1.54, 1.807) is 0 Å². The fourth-order valence-corrected chi connectivity index (χ4v) is 2.80. The van der Waals surface area contributed by atoms with Crippen LogP contribution in [0.25, 0.3) is 0 Å². The predicted molar refractivity (Wildman–Crippen MR) is 89.6 cm³/mol. The van der Waals surface area contributed by atoms with Crippen LogP contribution >= 0.6 is 24.8 Å². The van der Waals surface area contributed by atoms with Crippen molar-refractivity contribution in [2.24, 2.45) is 5.41 Å². The van der Waals surface area contributed by atoms with E-state index in [1.807, 2.05) is 6.92 Å². The maximum absolute atomic E-state index is 12.3. The zero-order valence-electron chi connectivity index (χ0n) is 13.2. The number of rotatable bonds is 4. The van der Waals surface area contributed by atoms with Gasteiger partial charge in [-0.05, 0) is 33.7 Å². The molecule has 0 saturated carbocycles. The summed E-state index contributed by atoms with van der Waals surface area (Å²) in [5.74, 6) is 0.179. The number of amides is 1. The second kappa shape index (κ2) is 8.53. The molecule has 5 nitrogen and oxygen atoms in total. The fraction of sp³-hybridized carbons (Fsp3) is 0.929. The monoisotopic (exact) mass is 341 g/mol. The van der Waals surface area contributed by atoms with E-state index in [0.717, 1.165) is 45.8 Å². The summed E-state index contributed by atoms with van der Waals surface area (Å²) in [4.78, 5) is 14.7. The zero-order valence-corrected chi connectivity index (χ0v) is 14.9. The van der Waals surface area contributed by atoms with Crippen LogP contribution in [-0.2, 0) is 9.53 Å². The van der Waals surface area contributed by atoms with Gasteiger partial charge in [-0.2, -0.15) is 0 Å². The average Bonchev–Trinajstić information content (AvgIpc) is 2.85. The van der Waals surface area contributed by atoms with Crippen molar-refractivity contribution >= 4 is 30.7 Å². The molecule has 0 aromatic carbocycles. The molecule has 0 bridgehead atoms. The van der Waals surface area contributed by atoms with Gasteiger partial charge in [0.1, 0.15) is 0 Å². The van der Waals surface area contributed by atoms with E-state index in [9.17, 15) is 4.79 Å². The number of carbonyl (C=O) groups excluding carboxylic acids is 1. The first-order chi connectivity index (χ1) is 8.94. The van der Waals surface area contributed by atoms with Gasteiger partial charge in [0, 0.05) is 31.7 Å². The van der Waals surface area contributed by atoms with Crippen molar-refractivity contribution in [3.8, 4) is 0 Å². The summed E-state index contributed by atoms with van der Waals surface area (Å²) in [5, 5.41) is 6.41. The third-order valence-electron chi connectivity index (χ3n) is 4.47. The van der Waals surface area contributed by atoms with E-state index in [-0.39, 0.29) is 41.7 Å². The van der Waals surface area contributed by atoms with Gasteiger partial charge in [0.2, 0.25) is 5.91 Å². The molecule has 1 unspecified atom stereocenters. The highest BCUT2D eigenvalue weighted by atomic mass is 35.5. The Labute approximate surface area is 140 Å². The lowest BCUT2D eigenvalue weighted by Gasteiger charge is -2.41. The van der Waals surface area contributed by atoms with Gasteiger partial charge in [-0.3, -0.25) is 9.69 Å². The summed E-state index contributed by atoms with van der Waals surface area (Å²) in [5.41, 5.74) is -0.247. The van der Waals surface area contributed by atoms with Crippen LogP contribution in [0.15, 0.2) is 0 Å². The number of halogens is 2. The quantitative estimate of drug-likeness (QED) is 0.802. The van der Waals surface area contributed by atoms with Crippen LogP contribution in [0.3, 0.4) is 0 Å². The van der Waals surface area contributed by atoms with Crippen LogP contribution in [-0.4, -0.2) is 62.3 Å². The van der Waals surface area contributed by atoms with E-state index in [1.165, 1.54) is 0 Å². The Bertz CT molecular complexity index is 328. The van der Waals surface area contributed by atoms with Crippen LogP contribution in [0.4, 0.5) is 0 Å². The summed E-state index contributed by atoms with van der Waals surface area (Å²) in [6.07, 6.45) is 0.927. The highest BCUT2D eigenvalue weighted by molar-refractivity contribution is 5.85. The molecule has 2 N–H and O–H groups in total. The van der Waals surface area contributed by atoms with Gasteiger partial charge in [-0.15, -0.1) is 24.8 Å². The molecule has 1 amide bonds. The average molecular weight is 342 g/mol. The van der Waals surface area contributed by atoms with Crippen molar-refractivity contribution in [3.63, 3.8) is 0 Å². The Morgan fingerprint density at radius 2 is 1.95 bits per heavy atom. The molecular formula is C14H29Cl2N3O2. The number of nitrogens with one attached hydrogen (secondary N) is 2. The van der Waals surface area contributed by atoms with E-state index in [4.69, 9.17) is 4.74 Å². The minimum absolute atomic E-state index is 0. The number of morpholine rings is 1. The van der Waals surface area contributed by atoms with Gasteiger partial charge in [0.25, 0.3) is 0 Å². The summed E-state index contributed by atoms with van der Waals surface area (Å²) in [7, 11) is 0. The Balaban J connectivity index is 0.00000200. The molecular weight excluding hydrogens is 313 g/mol. The molecule has 21 heavy (non-hydrogen) atoms. The molecule has 7 heteroatoms. The van der Waals surface area contributed by atoms with E-state index in [2.05, 4.69) is 29.4 Å². The third kappa shape index (κ3) is 5.25. The minimum Gasteiger partial charge on any atom is -0.379 e. The van der Waals surface area contributed by atoms with Crippen molar-refractivity contribution < 1.29 is 9.53 Å². The van der Waals surface area contributed by atoms with Crippen molar-refractivity contribution in [2.75, 3.05) is 45.9 Å². The van der Waals surface area contributed by atoms with Crippen LogP contribution in [0, 0.1) is 5.41 Å². The SMILES string of the molecule is CC1(C(=O)NCC(C)(C)N2CCOCC2)CCNC1.Cl.Cl. The van der Waals surface area contributed by atoms with Gasteiger partial charge in [0.05, 0.1) is 18.6 Å². The van der Waals surface area contributed by atoms with Crippen LogP contribution < -0.4 is 10.6 Å². The molecule has 2 fully saturated rings. The fourth-order valence-electron chi connectivity index (χ4n) is 2.80. The first kappa shape index (κ1) is 20.9. The molecule has 2 heterocycles. The van der Waals surface area contributed by atoms with Gasteiger partial charge in [-0.1, -0.05) is 0 Å². The van der Waals surface area contributed by atoms with Crippen LogP contribution in [0.5, 0.6) is 0 Å². The maximum Gasteiger partial charge on any atom is 0.227 e. The second-order valence-electron chi connectivity index (χ2n) is 6.58. The Kier molecular flexibility index (Phi) is 8.50. The number of hydrogen-bond donors (Lipinski definition) is 2. The minimum atomic E-state index is -0.235. The summed E-state index contributed by atoms with van der Waals surface area (Å²) in [6.45, 7) is 12.3. The number of hydrogen-bond acceptors (Lipinski definition) is 4. The topological polar surface area (TPSA) is 53.6 Å².